The van der Waals surface area contributed by atoms with Crippen LogP contribution in [0.3, 0.4) is 0 Å². The third-order valence-electron chi connectivity index (χ3n) is 6.04. The Labute approximate surface area is 231 Å². The number of aromatic nitrogens is 2. The first-order chi connectivity index (χ1) is 17.9. The van der Waals surface area contributed by atoms with Gasteiger partial charge in [0.2, 0.25) is 9.84 Å². The van der Waals surface area contributed by atoms with Gasteiger partial charge in [-0.2, -0.15) is 5.10 Å². The van der Waals surface area contributed by atoms with Gasteiger partial charge in [-0.15, -0.1) is 12.4 Å². The Hall–Kier alpha value is -3.17. The third-order valence-corrected chi connectivity index (χ3v) is 8.02. The molecule has 0 aliphatic heterocycles. The predicted molar refractivity (Wildman–Crippen MR) is 151 cm³/mol. The molecule has 0 saturated carbocycles. The van der Waals surface area contributed by atoms with Crippen LogP contribution in [0.25, 0.3) is 21.7 Å². The minimum absolute atomic E-state index is 0. The van der Waals surface area contributed by atoms with Gasteiger partial charge in [-0.05, 0) is 41.8 Å². The second kappa shape index (κ2) is 11.7. The van der Waals surface area contributed by atoms with Gasteiger partial charge in [-0.3, -0.25) is 4.68 Å². The van der Waals surface area contributed by atoms with Crippen molar-refractivity contribution in [3.8, 4) is 5.75 Å². The summed E-state index contributed by atoms with van der Waals surface area (Å²) in [5.74, 6) is -0.385. The molecule has 0 aliphatic carbocycles. The van der Waals surface area contributed by atoms with Crippen LogP contribution in [-0.2, 0) is 16.4 Å². The number of fused-ring (bicyclic) bond motifs is 2. The minimum atomic E-state index is -4.13. The fourth-order valence-electron chi connectivity index (χ4n) is 4.39. The molecular formula is C28H26Cl2FN3O3S. The topological polar surface area (TPSA) is 73.2 Å². The van der Waals surface area contributed by atoms with E-state index in [1.54, 1.807) is 41.1 Å². The van der Waals surface area contributed by atoms with Crippen LogP contribution in [0.15, 0.2) is 88.8 Å². The highest BCUT2D eigenvalue weighted by atomic mass is 35.5. The lowest BCUT2D eigenvalue weighted by molar-refractivity contribution is 0.316. The van der Waals surface area contributed by atoms with E-state index in [1.807, 2.05) is 37.3 Å². The molecule has 1 N–H and O–H groups in total. The molecule has 5 aromatic rings. The molecule has 1 aromatic heterocycles. The number of nitrogens with one attached hydrogen (secondary N) is 1. The van der Waals surface area contributed by atoms with Crippen LogP contribution in [-0.4, -0.2) is 37.9 Å². The maximum Gasteiger partial charge on any atom is 0.226 e. The van der Waals surface area contributed by atoms with Crippen LogP contribution in [0, 0.1) is 5.82 Å². The zero-order chi connectivity index (χ0) is 26.0. The number of likely N-dealkylation sites (N-methyl/N-ethyl adjacent to an activating group) is 1. The van der Waals surface area contributed by atoms with Crippen LogP contribution < -0.4 is 10.1 Å². The summed E-state index contributed by atoms with van der Waals surface area (Å²) < 4.78 is 50.4. The van der Waals surface area contributed by atoms with Crippen LogP contribution in [0.4, 0.5) is 4.39 Å². The lowest BCUT2D eigenvalue weighted by Crippen LogP contribution is -2.20. The van der Waals surface area contributed by atoms with Crippen LogP contribution >= 0.6 is 24.0 Å². The van der Waals surface area contributed by atoms with Gasteiger partial charge in [0.25, 0.3) is 0 Å². The highest BCUT2D eigenvalue weighted by Gasteiger charge is 2.29. The molecule has 1 heterocycles. The highest BCUT2D eigenvalue weighted by Crippen LogP contribution is 2.36. The number of halogens is 3. The van der Waals surface area contributed by atoms with Gasteiger partial charge in [-0.25, -0.2) is 12.8 Å². The SMILES string of the molecule is CCNCCOc1cc(F)cc2c(S(=O)(=O)c3cccc4ccccc34)nn(Cc3cccc(Cl)c3)c12.Cl. The van der Waals surface area contributed by atoms with E-state index < -0.39 is 15.7 Å². The Kier molecular flexibility index (Phi) is 8.57. The average Bonchev–Trinajstić information content (AvgIpc) is 3.25. The van der Waals surface area contributed by atoms with E-state index in [1.165, 1.54) is 12.1 Å². The average molecular weight is 575 g/mol. The molecule has 5 rings (SSSR count). The van der Waals surface area contributed by atoms with Crippen molar-refractivity contribution in [1.29, 1.82) is 0 Å². The summed E-state index contributed by atoms with van der Waals surface area (Å²) in [4.78, 5) is 0.110. The molecule has 0 atom stereocenters. The molecule has 0 spiro atoms. The zero-order valence-electron chi connectivity index (χ0n) is 20.5. The summed E-state index contributed by atoms with van der Waals surface area (Å²) in [5, 5.41) is 9.53. The number of nitrogens with zero attached hydrogens (tertiary/aromatic N) is 2. The molecule has 198 valence electrons. The first kappa shape index (κ1) is 27.9. The van der Waals surface area contributed by atoms with Crippen molar-refractivity contribution in [2.45, 2.75) is 23.4 Å². The van der Waals surface area contributed by atoms with Crippen molar-refractivity contribution in [2.24, 2.45) is 0 Å². The normalized spacial score (nSPS) is 11.6. The van der Waals surface area contributed by atoms with Gasteiger partial charge in [0, 0.05) is 28.4 Å². The fraction of sp³-hybridized carbons (Fsp3) is 0.179. The molecule has 0 fully saturated rings. The number of sulfone groups is 1. The summed E-state index contributed by atoms with van der Waals surface area (Å²) in [6.45, 7) is 3.79. The molecular weight excluding hydrogens is 548 g/mol. The molecule has 0 amide bonds. The molecule has 0 unspecified atom stereocenters. The third kappa shape index (κ3) is 5.49. The fourth-order valence-corrected chi connectivity index (χ4v) is 6.20. The van der Waals surface area contributed by atoms with Gasteiger partial charge in [0.05, 0.1) is 11.4 Å². The number of hydrogen-bond acceptors (Lipinski definition) is 5. The largest absolute Gasteiger partial charge is 0.490 e. The summed E-state index contributed by atoms with van der Waals surface area (Å²) in [6.07, 6.45) is 0. The Balaban J connectivity index is 0.00000336. The van der Waals surface area contributed by atoms with E-state index in [2.05, 4.69) is 10.4 Å². The summed E-state index contributed by atoms with van der Waals surface area (Å²) in [5.41, 5.74) is 1.21. The molecule has 38 heavy (non-hydrogen) atoms. The summed E-state index contributed by atoms with van der Waals surface area (Å²) >= 11 is 6.19. The smallest absolute Gasteiger partial charge is 0.226 e. The van der Waals surface area contributed by atoms with Crippen LogP contribution in [0.5, 0.6) is 5.75 Å². The van der Waals surface area contributed by atoms with E-state index in [0.29, 0.717) is 22.5 Å². The van der Waals surface area contributed by atoms with Crippen LogP contribution in [0.1, 0.15) is 12.5 Å². The number of benzene rings is 4. The van der Waals surface area contributed by atoms with Crippen molar-refractivity contribution in [1.82, 2.24) is 15.1 Å². The molecule has 0 aliphatic rings. The van der Waals surface area contributed by atoms with Crippen molar-refractivity contribution in [3.63, 3.8) is 0 Å². The molecule has 10 heteroatoms. The molecule has 6 nitrogen and oxygen atoms in total. The van der Waals surface area contributed by atoms with Gasteiger partial charge in [0.15, 0.2) is 5.03 Å². The van der Waals surface area contributed by atoms with E-state index >= 15 is 0 Å². The lowest BCUT2D eigenvalue weighted by Gasteiger charge is -2.11. The van der Waals surface area contributed by atoms with E-state index in [-0.39, 0.29) is 46.6 Å². The van der Waals surface area contributed by atoms with Gasteiger partial charge < -0.3 is 10.1 Å². The Morgan fingerprint density at radius 3 is 2.55 bits per heavy atom. The zero-order valence-corrected chi connectivity index (χ0v) is 22.9. The Morgan fingerprint density at radius 1 is 1.00 bits per heavy atom. The summed E-state index contributed by atoms with van der Waals surface area (Å²) in [6, 6.07) is 22.0. The first-order valence-electron chi connectivity index (χ1n) is 11.9. The number of ether oxygens (including phenoxy) is 1. The second-order valence-electron chi connectivity index (χ2n) is 8.58. The Bertz CT molecular complexity index is 1700. The predicted octanol–water partition coefficient (Wildman–Crippen LogP) is 6.27. The summed E-state index contributed by atoms with van der Waals surface area (Å²) in [7, 11) is -4.13. The molecule has 4 aromatic carbocycles. The maximum atomic E-state index is 14.8. The first-order valence-corrected chi connectivity index (χ1v) is 13.8. The monoisotopic (exact) mass is 573 g/mol. The van der Waals surface area contributed by atoms with Gasteiger partial charge in [0.1, 0.15) is 23.7 Å². The standard InChI is InChI=1S/C28H25ClFN3O3S.ClH/c1-2-31-13-14-36-25-17-22(30)16-24-27(25)33(18-19-7-5-10-21(29)15-19)32-28(24)37(34,35)26-12-6-9-20-8-3-4-11-23(20)26;/h3-12,15-17,31H,2,13-14,18H2,1H3;1H. The lowest BCUT2D eigenvalue weighted by atomic mass is 10.1. The quantitative estimate of drug-likeness (QED) is 0.210. The van der Waals surface area contributed by atoms with Gasteiger partial charge >= 0.3 is 0 Å². The van der Waals surface area contributed by atoms with E-state index in [0.717, 1.165) is 17.5 Å². The molecule has 0 saturated heterocycles. The number of hydrogen-bond donors (Lipinski definition) is 1. The molecule has 0 bridgehead atoms. The second-order valence-corrected chi connectivity index (χ2v) is 10.8. The van der Waals surface area contributed by atoms with Crippen molar-refractivity contribution in [2.75, 3.05) is 19.7 Å². The Morgan fingerprint density at radius 2 is 1.76 bits per heavy atom. The van der Waals surface area contributed by atoms with E-state index in [4.69, 9.17) is 16.3 Å². The van der Waals surface area contributed by atoms with E-state index in [9.17, 15) is 12.8 Å². The molecule has 0 radical (unpaired) electrons. The van der Waals surface area contributed by atoms with Crippen molar-refractivity contribution >= 4 is 55.5 Å². The van der Waals surface area contributed by atoms with Crippen LogP contribution in [0.2, 0.25) is 5.02 Å². The minimum Gasteiger partial charge on any atom is -0.490 e. The van der Waals surface area contributed by atoms with Crippen molar-refractivity contribution < 1.29 is 17.5 Å². The highest BCUT2D eigenvalue weighted by molar-refractivity contribution is 7.91. The van der Waals surface area contributed by atoms with Crippen molar-refractivity contribution in [3.05, 3.63) is 95.3 Å². The number of rotatable bonds is 9. The maximum absolute atomic E-state index is 14.8. The van der Waals surface area contributed by atoms with Gasteiger partial charge in [-0.1, -0.05) is 67.1 Å².